The number of hydrogen-bond acceptors (Lipinski definition) is 9. The Bertz CT molecular complexity index is 1980. The number of nitrogens with zero attached hydrogens (tertiary/aromatic N) is 6. The van der Waals surface area contributed by atoms with Crippen LogP contribution in [0, 0.1) is 22.0 Å². The number of terminal acetylenes is 1. The van der Waals surface area contributed by atoms with Crippen molar-refractivity contribution in [1.29, 1.82) is 0 Å². The number of rotatable bonds is 6. The summed E-state index contributed by atoms with van der Waals surface area (Å²) in [6.07, 6.45) is 7.15. The van der Waals surface area contributed by atoms with Crippen LogP contribution in [0.2, 0.25) is 0 Å². The zero-order chi connectivity index (χ0) is 32.5. The number of aromatic nitrogens is 6. The molecule has 0 radical (unpaired) electrons. The van der Waals surface area contributed by atoms with Gasteiger partial charge in [0.05, 0.1) is 44.1 Å². The highest BCUT2D eigenvalue weighted by Gasteiger charge is 2.64. The molecular formula is C27H27IN8O5. The molecule has 0 aromatic carbocycles. The second-order valence-electron chi connectivity index (χ2n) is 9.90. The molecular weight excluding hydrogens is 643 g/mol. The van der Waals surface area contributed by atoms with Crippen LogP contribution in [0.15, 0.2) is 29.2 Å². The fourth-order valence-corrected chi connectivity index (χ4v) is 6.14. The highest BCUT2D eigenvalue weighted by molar-refractivity contribution is 14.1. The second kappa shape index (κ2) is 10.1. The molecule has 1 amide bonds. The normalized spacial score (nSPS) is 26.9. The molecule has 41 heavy (non-hydrogen) atoms. The number of alkyl carbamates (subject to hydrolysis) is 1. The molecule has 2 aliphatic rings. The summed E-state index contributed by atoms with van der Waals surface area (Å²) in [6.45, 7) is -2.80. The summed E-state index contributed by atoms with van der Waals surface area (Å²) in [6, 6.07) is 3.03. The lowest BCUT2D eigenvalue weighted by molar-refractivity contribution is -0.146. The van der Waals surface area contributed by atoms with Crippen molar-refractivity contribution in [3.8, 4) is 12.3 Å². The molecule has 13 nitrogen and oxygen atoms in total. The summed E-state index contributed by atoms with van der Waals surface area (Å²) < 4.78 is 46.5. The third-order valence-electron chi connectivity index (χ3n) is 7.64. The van der Waals surface area contributed by atoms with Crippen LogP contribution in [-0.4, -0.2) is 61.2 Å². The minimum absolute atomic E-state index is 0.0502. The van der Waals surface area contributed by atoms with Crippen molar-refractivity contribution in [2.45, 2.75) is 43.3 Å². The minimum Gasteiger partial charge on any atom is -0.467 e. The number of carbonyl (C=O) groups is 2. The van der Waals surface area contributed by atoms with Crippen molar-refractivity contribution in [2.75, 3.05) is 19.5 Å². The van der Waals surface area contributed by atoms with Crippen LogP contribution in [0.25, 0.3) is 22.1 Å². The maximum atomic E-state index is 13.6. The van der Waals surface area contributed by atoms with Gasteiger partial charge in [0.1, 0.15) is 15.3 Å². The smallest absolute Gasteiger partial charge is 0.407 e. The molecule has 2 N–H and O–H groups in total. The van der Waals surface area contributed by atoms with E-state index in [0.717, 1.165) is 0 Å². The third-order valence-corrected chi connectivity index (χ3v) is 8.44. The van der Waals surface area contributed by atoms with Gasteiger partial charge in [0.25, 0.3) is 0 Å². The Hall–Kier alpha value is -4.13. The molecule has 4 atom stereocenters. The molecule has 2 saturated carbocycles. The van der Waals surface area contributed by atoms with Crippen LogP contribution in [0.3, 0.4) is 0 Å². The predicted octanol–water partition coefficient (Wildman–Crippen LogP) is 2.80. The number of pyridine rings is 2. The highest BCUT2D eigenvalue weighted by atomic mass is 127. The topological polar surface area (TPSA) is 147 Å². The fraction of sp³-hybridized carbons (Fsp3) is 0.407. The van der Waals surface area contributed by atoms with Crippen molar-refractivity contribution in [3.05, 3.63) is 38.6 Å². The Labute approximate surface area is 253 Å². The first-order valence-corrected chi connectivity index (χ1v) is 13.7. The predicted molar refractivity (Wildman–Crippen MR) is 158 cm³/mol. The van der Waals surface area contributed by atoms with Crippen LogP contribution < -0.4 is 16.3 Å². The zero-order valence-corrected chi connectivity index (χ0v) is 24.1. The summed E-state index contributed by atoms with van der Waals surface area (Å²) in [5.74, 6) is 2.29. The Balaban J connectivity index is 1.40. The number of esters is 1. The van der Waals surface area contributed by atoms with Gasteiger partial charge in [0.2, 0.25) is 0 Å². The van der Waals surface area contributed by atoms with Crippen LogP contribution in [0.5, 0.6) is 0 Å². The largest absolute Gasteiger partial charge is 0.467 e. The van der Waals surface area contributed by atoms with E-state index in [1.807, 2.05) is 0 Å². The molecule has 212 valence electrons. The molecule has 6 rings (SSSR count). The van der Waals surface area contributed by atoms with Gasteiger partial charge in [-0.05, 0) is 54.0 Å². The van der Waals surface area contributed by atoms with E-state index in [9.17, 15) is 14.4 Å². The SMILES string of the molecule is [2H]C([2H])([2H])n1c(=O)n([C@@H]2CC[C@@]([2H])(NC(=O)OC)C2)c2cc(Nc3ccc4c(I)nn([C@@]5(C(=O)OC)C[C@@H]5C#C)c4n3)ncc21. The van der Waals surface area contributed by atoms with Gasteiger partial charge in [-0.25, -0.2) is 29.0 Å². The second-order valence-corrected chi connectivity index (χ2v) is 10.9. The number of carbonyl (C=O) groups excluding carboxylic acids is 2. The van der Waals surface area contributed by atoms with Crippen LogP contribution in [0.4, 0.5) is 16.4 Å². The van der Waals surface area contributed by atoms with Crippen molar-refractivity contribution in [2.24, 2.45) is 12.9 Å². The molecule has 0 unspecified atom stereocenters. The number of nitrogens with one attached hydrogen (secondary N) is 2. The molecule has 0 aliphatic heterocycles. The summed E-state index contributed by atoms with van der Waals surface area (Å²) in [4.78, 5) is 47.3. The van der Waals surface area contributed by atoms with Gasteiger partial charge in [-0.15, -0.1) is 12.3 Å². The fourth-order valence-electron chi connectivity index (χ4n) is 5.51. The quantitative estimate of drug-likeness (QED) is 0.179. The summed E-state index contributed by atoms with van der Waals surface area (Å²) in [5, 5.41) is 10.9. The first kappa shape index (κ1) is 22.5. The van der Waals surface area contributed by atoms with E-state index in [-0.39, 0.29) is 29.7 Å². The molecule has 4 aromatic heterocycles. The third kappa shape index (κ3) is 4.30. The number of hydrogen-bond donors (Lipinski definition) is 2. The van der Waals surface area contributed by atoms with E-state index in [4.69, 9.17) is 21.6 Å². The number of imidazole rings is 1. The van der Waals surface area contributed by atoms with E-state index >= 15 is 0 Å². The van der Waals surface area contributed by atoms with Gasteiger partial charge >= 0.3 is 17.8 Å². The van der Waals surface area contributed by atoms with E-state index < -0.39 is 48.2 Å². The Morgan fingerprint density at radius 2 is 2.10 bits per heavy atom. The minimum atomic E-state index is -2.80. The van der Waals surface area contributed by atoms with Gasteiger partial charge < -0.3 is 20.1 Å². The van der Waals surface area contributed by atoms with Gasteiger partial charge in [0, 0.05) is 35.6 Å². The number of anilines is 2. The van der Waals surface area contributed by atoms with Gasteiger partial charge in [-0.2, -0.15) is 5.10 Å². The first-order chi connectivity index (χ1) is 21.3. The number of aryl methyl sites for hydroxylation is 1. The van der Waals surface area contributed by atoms with Crippen LogP contribution >= 0.6 is 22.6 Å². The number of ether oxygens (including phenoxy) is 2. The number of methoxy groups -OCH3 is 2. The molecule has 0 bridgehead atoms. The number of fused-ring (bicyclic) bond motifs is 2. The summed E-state index contributed by atoms with van der Waals surface area (Å²) >= 11 is 2.06. The lowest BCUT2D eigenvalue weighted by Gasteiger charge is -2.15. The Morgan fingerprint density at radius 1 is 1.27 bits per heavy atom. The van der Waals surface area contributed by atoms with Crippen molar-refractivity contribution < 1.29 is 24.5 Å². The lowest BCUT2D eigenvalue weighted by Crippen LogP contribution is -2.33. The maximum Gasteiger partial charge on any atom is 0.407 e. The first-order valence-electron chi connectivity index (χ1n) is 14.6. The lowest BCUT2D eigenvalue weighted by atomic mass is 10.2. The van der Waals surface area contributed by atoms with Gasteiger partial charge in [0.15, 0.2) is 11.2 Å². The van der Waals surface area contributed by atoms with Crippen molar-refractivity contribution in [3.63, 3.8) is 0 Å². The average Bonchev–Trinajstić information content (AvgIpc) is 3.31. The highest BCUT2D eigenvalue weighted by Crippen LogP contribution is 2.52. The summed E-state index contributed by atoms with van der Waals surface area (Å²) in [7, 11) is 2.48. The number of halogens is 1. The van der Waals surface area contributed by atoms with E-state index in [1.165, 1.54) is 35.7 Å². The van der Waals surface area contributed by atoms with E-state index in [0.29, 0.717) is 38.0 Å². The van der Waals surface area contributed by atoms with E-state index in [2.05, 4.69) is 54.0 Å². The van der Waals surface area contributed by atoms with Gasteiger partial charge in [-0.1, -0.05) is 0 Å². The molecule has 2 fully saturated rings. The molecule has 4 heterocycles. The maximum absolute atomic E-state index is 13.6. The van der Waals surface area contributed by atoms with Crippen molar-refractivity contribution in [1.82, 2.24) is 34.2 Å². The van der Waals surface area contributed by atoms with Crippen LogP contribution in [0.1, 0.15) is 37.2 Å². The summed E-state index contributed by atoms with van der Waals surface area (Å²) in [5.41, 5.74) is -1.19. The zero-order valence-electron chi connectivity index (χ0n) is 26.0. The molecule has 0 saturated heterocycles. The van der Waals surface area contributed by atoms with Crippen LogP contribution in [-0.2, 0) is 26.8 Å². The van der Waals surface area contributed by atoms with Gasteiger partial charge in [-0.3, -0.25) is 9.13 Å². The molecule has 2 aliphatic carbocycles. The van der Waals surface area contributed by atoms with Crippen molar-refractivity contribution >= 4 is 68.4 Å². The molecule has 14 heteroatoms. The Kier molecular flexibility index (Phi) is 5.53. The monoisotopic (exact) mass is 674 g/mol. The number of amides is 1. The molecule has 0 spiro atoms. The molecule has 4 aromatic rings. The average molecular weight is 674 g/mol. The Morgan fingerprint density at radius 3 is 2.80 bits per heavy atom. The van der Waals surface area contributed by atoms with E-state index in [1.54, 1.807) is 12.1 Å². The standard InChI is InChI=1S/C27H27IN8O5/c1-5-14-12-27(14,24(37)40-3)36-23-17(22(28)33-36)8-9-20(32-23)31-21-11-18-19(13-29-21)34(2)26(39)35(18)16-7-6-15(10-16)30-25(38)41-4/h1,8-9,11,13-16H,6-7,10,12H2,2-4H3,(H,30,38)(H,29,31,32)/t14-,15+,16+,27-/m0/s1/i2D3,15D.